The highest BCUT2D eigenvalue weighted by molar-refractivity contribution is 9.12. The first-order valence-electron chi connectivity index (χ1n) is 2.79. The first-order chi connectivity index (χ1) is 4.22. The van der Waals surface area contributed by atoms with Crippen molar-refractivity contribution in [1.82, 2.24) is 0 Å². The van der Waals surface area contributed by atoms with Crippen LogP contribution in [0.4, 0.5) is 0 Å². The molecule has 1 aliphatic rings. The standard InChI is InChI=1S/C6H6BrClO/c7-6-4(8)2-1-3-5(6)9/h1-3H2. The quantitative estimate of drug-likeness (QED) is 0.599. The maximum Gasteiger partial charge on any atom is 0.170 e. The van der Waals surface area contributed by atoms with E-state index in [4.69, 9.17) is 11.6 Å². The molecule has 0 heterocycles. The van der Waals surface area contributed by atoms with E-state index in [-0.39, 0.29) is 5.78 Å². The monoisotopic (exact) mass is 208 g/mol. The van der Waals surface area contributed by atoms with E-state index in [0.29, 0.717) is 15.9 Å². The minimum atomic E-state index is 0.131. The smallest absolute Gasteiger partial charge is 0.170 e. The Hall–Kier alpha value is 0.180. The molecule has 1 aliphatic carbocycles. The summed E-state index contributed by atoms with van der Waals surface area (Å²) in [5.74, 6) is 0.131. The molecule has 0 fully saturated rings. The number of hydrogen-bond donors (Lipinski definition) is 0. The summed E-state index contributed by atoms with van der Waals surface area (Å²) in [4.78, 5) is 10.8. The zero-order valence-corrected chi connectivity index (χ0v) is 7.13. The number of carbonyl (C=O) groups is 1. The second kappa shape index (κ2) is 2.84. The van der Waals surface area contributed by atoms with Crippen molar-refractivity contribution in [3.05, 3.63) is 9.51 Å². The normalized spacial score (nSPS) is 20.9. The molecule has 50 valence electrons. The van der Waals surface area contributed by atoms with Crippen LogP contribution in [0.25, 0.3) is 0 Å². The van der Waals surface area contributed by atoms with Gasteiger partial charge in [0, 0.05) is 11.5 Å². The number of rotatable bonds is 0. The van der Waals surface area contributed by atoms with Crippen molar-refractivity contribution in [3.8, 4) is 0 Å². The molecule has 0 saturated carbocycles. The number of carbonyl (C=O) groups excluding carboxylic acids is 1. The third kappa shape index (κ3) is 1.55. The van der Waals surface area contributed by atoms with Crippen LogP contribution in [0, 0.1) is 0 Å². The van der Waals surface area contributed by atoms with Crippen molar-refractivity contribution in [3.63, 3.8) is 0 Å². The van der Waals surface area contributed by atoms with Crippen LogP contribution in [0.1, 0.15) is 19.3 Å². The van der Waals surface area contributed by atoms with Crippen molar-refractivity contribution < 1.29 is 4.79 Å². The van der Waals surface area contributed by atoms with Gasteiger partial charge in [0.1, 0.15) is 0 Å². The van der Waals surface area contributed by atoms with Crippen LogP contribution in [-0.4, -0.2) is 5.78 Å². The molecule has 0 radical (unpaired) electrons. The largest absolute Gasteiger partial charge is 0.294 e. The second-order valence-corrected chi connectivity index (χ2v) is 3.24. The Morgan fingerprint density at radius 1 is 1.44 bits per heavy atom. The second-order valence-electron chi connectivity index (χ2n) is 2.00. The fourth-order valence-electron chi connectivity index (χ4n) is 0.775. The SMILES string of the molecule is O=C1CCCC(Cl)=C1Br. The van der Waals surface area contributed by atoms with Crippen molar-refractivity contribution >= 4 is 33.3 Å². The molecule has 1 nitrogen and oxygen atoms in total. The van der Waals surface area contributed by atoms with Gasteiger partial charge in [-0.25, -0.2) is 0 Å². The lowest BCUT2D eigenvalue weighted by Gasteiger charge is -2.08. The molecule has 3 heteroatoms. The third-order valence-corrected chi connectivity index (χ3v) is 2.81. The van der Waals surface area contributed by atoms with Gasteiger partial charge in [0.05, 0.1) is 4.48 Å². The minimum Gasteiger partial charge on any atom is -0.294 e. The van der Waals surface area contributed by atoms with Crippen LogP contribution in [0.5, 0.6) is 0 Å². The van der Waals surface area contributed by atoms with E-state index in [1.165, 1.54) is 0 Å². The summed E-state index contributed by atoms with van der Waals surface area (Å²) in [6.45, 7) is 0. The lowest BCUT2D eigenvalue weighted by molar-refractivity contribution is -0.115. The number of halogens is 2. The molecule has 0 unspecified atom stereocenters. The summed E-state index contributed by atoms with van der Waals surface area (Å²) < 4.78 is 0.579. The molecule has 0 bridgehead atoms. The molecular weight excluding hydrogens is 203 g/mol. The van der Waals surface area contributed by atoms with Gasteiger partial charge in [-0.05, 0) is 28.8 Å². The van der Waals surface area contributed by atoms with Crippen LogP contribution < -0.4 is 0 Å². The van der Waals surface area contributed by atoms with E-state index in [2.05, 4.69) is 15.9 Å². The summed E-state index contributed by atoms with van der Waals surface area (Å²) in [7, 11) is 0. The zero-order valence-electron chi connectivity index (χ0n) is 4.79. The molecule has 0 saturated heterocycles. The van der Waals surface area contributed by atoms with Gasteiger partial charge in [0.25, 0.3) is 0 Å². The van der Waals surface area contributed by atoms with Gasteiger partial charge in [-0.15, -0.1) is 0 Å². The Morgan fingerprint density at radius 2 is 2.11 bits per heavy atom. The molecule has 0 aromatic rings. The molecule has 0 atom stereocenters. The highest BCUT2D eigenvalue weighted by Gasteiger charge is 2.15. The van der Waals surface area contributed by atoms with E-state index in [0.717, 1.165) is 12.8 Å². The van der Waals surface area contributed by atoms with Gasteiger partial charge >= 0.3 is 0 Å². The van der Waals surface area contributed by atoms with Crippen molar-refractivity contribution in [2.45, 2.75) is 19.3 Å². The first kappa shape index (κ1) is 7.29. The summed E-state index contributed by atoms with van der Waals surface area (Å²) >= 11 is 8.79. The van der Waals surface area contributed by atoms with Crippen molar-refractivity contribution in [2.75, 3.05) is 0 Å². The molecule has 0 aromatic heterocycles. The minimum absolute atomic E-state index is 0.131. The average molecular weight is 209 g/mol. The Labute approximate surface area is 67.2 Å². The van der Waals surface area contributed by atoms with Gasteiger partial charge in [-0.3, -0.25) is 4.79 Å². The molecule has 0 aromatic carbocycles. The molecule has 1 rings (SSSR count). The van der Waals surface area contributed by atoms with E-state index >= 15 is 0 Å². The number of Topliss-reactive ketones (excluding diaryl/α,β-unsaturated/α-hetero) is 1. The van der Waals surface area contributed by atoms with Gasteiger partial charge in [-0.1, -0.05) is 11.6 Å². The Balaban J connectivity index is 2.84. The average Bonchev–Trinajstić information content (AvgIpc) is 1.83. The van der Waals surface area contributed by atoms with Crippen molar-refractivity contribution in [2.24, 2.45) is 0 Å². The fraction of sp³-hybridized carbons (Fsp3) is 0.500. The molecular formula is C6H6BrClO. The highest BCUT2D eigenvalue weighted by atomic mass is 79.9. The number of hydrogen-bond acceptors (Lipinski definition) is 1. The summed E-state index contributed by atoms with van der Waals surface area (Å²) in [5, 5.41) is 0.672. The summed E-state index contributed by atoms with van der Waals surface area (Å²) in [5.41, 5.74) is 0. The highest BCUT2D eigenvalue weighted by Crippen LogP contribution is 2.28. The maximum atomic E-state index is 10.8. The lowest BCUT2D eigenvalue weighted by Crippen LogP contribution is -2.04. The predicted molar refractivity (Wildman–Crippen MR) is 40.7 cm³/mol. The van der Waals surface area contributed by atoms with Crippen LogP contribution in [0.3, 0.4) is 0 Å². The number of ketones is 1. The third-order valence-electron chi connectivity index (χ3n) is 1.28. The van der Waals surface area contributed by atoms with Crippen LogP contribution >= 0.6 is 27.5 Å². The van der Waals surface area contributed by atoms with E-state index < -0.39 is 0 Å². The Bertz CT molecular complexity index is 174. The van der Waals surface area contributed by atoms with Gasteiger partial charge in [0.2, 0.25) is 0 Å². The fourth-order valence-corrected chi connectivity index (χ4v) is 1.41. The predicted octanol–water partition coefficient (Wildman–Crippen LogP) is 2.58. The van der Waals surface area contributed by atoms with Crippen molar-refractivity contribution in [1.29, 1.82) is 0 Å². The van der Waals surface area contributed by atoms with Crippen LogP contribution in [-0.2, 0) is 4.79 Å². The summed E-state index contributed by atoms with van der Waals surface area (Å²) in [6, 6.07) is 0. The number of allylic oxidation sites excluding steroid dienone is 2. The first-order valence-corrected chi connectivity index (χ1v) is 3.96. The van der Waals surface area contributed by atoms with E-state index in [1.807, 2.05) is 0 Å². The van der Waals surface area contributed by atoms with Gasteiger partial charge in [0.15, 0.2) is 5.78 Å². The molecule has 0 N–H and O–H groups in total. The molecule has 0 spiro atoms. The molecule has 9 heavy (non-hydrogen) atoms. The van der Waals surface area contributed by atoms with Gasteiger partial charge in [-0.2, -0.15) is 0 Å². The zero-order chi connectivity index (χ0) is 6.85. The Kier molecular flexibility index (Phi) is 2.30. The van der Waals surface area contributed by atoms with E-state index in [1.54, 1.807) is 0 Å². The van der Waals surface area contributed by atoms with Crippen LogP contribution in [0.2, 0.25) is 0 Å². The maximum absolute atomic E-state index is 10.8. The molecule has 0 aliphatic heterocycles. The van der Waals surface area contributed by atoms with E-state index in [9.17, 15) is 4.79 Å². The molecule has 0 amide bonds. The summed E-state index contributed by atoms with van der Waals surface area (Å²) in [6.07, 6.45) is 2.37. The van der Waals surface area contributed by atoms with Gasteiger partial charge < -0.3 is 0 Å². The topological polar surface area (TPSA) is 17.1 Å². The van der Waals surface area contributed by atoms with Crippen LogP contribution in [0.15, 0.2) is 9.51 Å². The Morgan fingerprint density at radius 3 is 2.56 bits per heavy atom. The lowest BCUT2D eigenvalue weighted by atomic mass is 10.1.